The fraction of sp³-hybridized carbons (Fsp3) is 0.514. The van der Waals surface area contributed by atoms with Crippen molar-refractivity contribution in [3.05, 3.63) is 78.1 Å². The average molecular weight is 646 g/mol. The maximum absolute atomic E-state index is 6.71. The van der Waals surface area contributed by atoms with E-state index in [-0.39, 0.29) is 23.5 Å². The number of fused-ring (bicyclic) bond motifs is 1. The van der Waals surface area contributed by atoms with Gasteiger partial charge in [0.2, 0.25) is 8.32 Å². The lowest BCUT2D eigenvalue weighted by Crippen LogP contribution is -2.43. The number of nitrogens with zero attached hydrogens (tertiary/aromatic N) is 3. The summed E-state index contributed by atoms with van der Waals surface area (Å²) in [6.07, 6.45) is 6.67. The number of hydrogen-bond acceptors (Lipinski definition) is 7. The number of hydrogen-bond donors (Lipinski definition) is 0. The summed E-state index contributed by atoms with van der Waals surface area (Å²) in [5, 5.41) is 6.28. The first-order chi connectivity index (χ1) is 22.0. The van der Waals surface area contributed by atoms with Gasteiger partial charge in [0.25, 0.3) is 0 Å². The van der Waals surface area contributed by atoms with Gasteiger partial charge in [0, 0.05) is 30.0 Å². The molecule has 248 valence electrons. The Bertz CT molecular complexity index is 1550. The van der Waals surface area contributed by atoms with Crippen molar-refractivity contribution in [1.82, 2.24) is 14.8 Å². The highest BCUT2D eigenvalue weighted by Crippen LogP contribution is 2.40. The van der Waals surface area contributed by atoms with Crippen LogP contribution in [0.15, 0.2) is 67.0 Å². The highest BCUT2D eigenvalue weighted by molar-refractivity contribution is 6.74. The van der Waals surface area contributed by atoms with E-state index in [1.807, 2.05) is 44.4 Å². The predicted molar refractivity (Wildman–Crippen MR) is 186 cm³/mol. The van der Waals surface area contributed by atoms with Crippen LogP contribution in [0.5, 0.6) is 5.75 Å². The molecule has 3 atom stereocenters. The van der Waals surface area contributed by atoms with Gasteiger partial charge in [0.1, 0.15) is 11.4 Å². The minimum Gasteiger partial charge on any atom is -0.543 e. The van der Waals surface area contributed by atoms with Crippen molar-refractivity contribution in [3.63, 3.8) is 0 Å². The van der Waals surface area contributed by atoms with Gasteiger partial charge in [-0.15, -0.1) is 0 Å². The molecule has 9 heteroatoms. The Balaban J connectivity index is 1.26. The van der Waals surface area contributed by atoms with E-state index in [0.29, 0.717) is 26.4 Å². The van der Waals surface area contributed by atoms with Crippen molar-refractivity contribution in [1.29, 1.82) is 0 Å². The van der Waals surface area contributed by atoms with Gasteiger partial charge in [-0.2, -0.15) is 5.10 Å². The lowest BCUT2D eigenvalue weighted by molar-refractivity contribution is -0.0388. The van der Waals surface area contributed by atoms with Crippen LogP contribution in [0.1, 0.15) is 77.3 Å². The lowest BCUT2D eigenvalue weighted by Gasteiger charge is -2.36. The van der Waals surface area contributed by atoms with Gasteiger partial charge in [-0.3, -0.25) is 4.98 Å². The minimum absolute atomic E-state index is 0.0000510. The topological polar surface area (TPSA) is 76.9 Å². The first-order valence-corrected chi connectivity index (χ1v) is 19.6. The number of rotatable bonds is 14. The third kappa shape index (κ3) is 8.63. The zero-order chi connectivity index (χ0) is 32.7. The number of aromatic nitrogens is 3. The molecule has 1 saturated heterocycles. The van der Waals surface area contributed by atoms with Crippen LogP contribution in [-0.2, 0) is 25.6 Å². The van der Waals surface area contributed by atoms with Gasteiger partial charge >= 0.3 is 0 Å². The molecule has 0 radical (unpaired) electrons. The second kappa shape index (κ2) is 15.2. The highest BCUT2D eigenvalue weighted by atomic mass is 28.4. The molecule has 0 N–H and O–H groups in total. The largest absolute Gasteiger partial charge is 0.543 e. The lowest BCUT2D eigenvalue weighted by atomic mass is 10.1. The summed E-state index contributed by atoms with van der Waals surface area (Å²) >= 11 is 0. The van der Waals surface area contributed by atoms with Crippen molar-refractivity contribution in [2.45, 2.75) is 97.1 Å². The molecule has 4 aromatic rings. The van der Waals surface area contributed by atoms with Gasteiger partial charge in [0.05, 0.1) is 44.2 Å². The van der Waals surface area contributed by atoms with Crippen molar-refractivity contribution in [3.8, 4) is 17.0 Å². The maximum Gasteiger partial charge on any atom is 0.250 e. The quantitative estimate of drug-likeness (QED) is 0.100. The molecule has 3 heterocycles. The fourth-order valence-electron chi connectivity index (χ4n) is 5.28. The predicted octanol–water partition coefficient (Wildman–Crippen LogP) is 8.88. The molecule has 0 spiro atoms. The van der Waals surface area contributed by atoms with Crippen LogP contribution in [0, 0.1) is 0 Å². The third-order valence-electron chi connectivity index (χ3n) is 9.11. The van der Waals surface area contributed by atoms with E-state index in [4.69, 9.17) is 28.5 Å². The summed E-state index contributed by atoms with van der Waals surface area (Å²) in [4.78, 5) is 4.61. The number of pyridine rings is 1. The normalized spacial score (nSPS) is 17.2. The summed E-state index contributed by atoms with van der Waals surface area (Å²) in [5.41, 5.74) is 5.00. The Labute approximate surface area is 275 Å². The van der Waals surface area contributed by atoms with Crippen LogP contribution in [0.3, 0.4) is 0 Å². The second-order valence-electron chi connectivity index (χ2n) is 13.9. The van der Waals surface area contributed by atoms with E-state index >= 15 is 0 Å². The van der Waals surface area contributed by atoms with Crippen molar-refractivity contribution in [2.24, 2.45) is 0 Å². The van der Waals surface area contributed by atoms with Crippen LogP contribution in [0.4, 0.5) is 0 Å². The van der Waals surface area contributed by atoms with E-state index in [1.54, 1.807) is 0 Å². The van der Waals surface area contributed by atoms with Crippen LogP contribution in [0.25, 0.3) is 22.2 Å². The number of benzene rings is 2. The van der Waals surface area contributed by atoms with Crippen LogP contribution in [-0.4, -0.2) is 55.6 Å². The van der Waals surface area contributed by atoms with Crippen LogP contribution in [0.2, 0.25) is 18.1 Å². The molecule has 0 aliphatic carbocycles. The maximum atomic E-state index is 6.71. The SMILES string of the molecule is C[C@H](COCCO[C@@H](C)c1cncc(-c2nn([C@H]3CCCCO3)c3ccc(O[Si](C)(C)C(C)(C)C)cc23)c1)OCc1ccccc1. The summed E-state index contributed by atoms with van der Waals surface area (Å²) in [5.74, 6) is 0.880. The average Bonchev–Trinajstić information content (AvgIpc) is 3.42. The smallest absolute Gasteiger partial charge is 0.250 e. The minimum atomic E-state index is -2.02. The molecule has 0 amide bonds. The summed E-state index contributed by atoms with van der Waals surface area (Å²) in [6, 6.07) is 18.7. The van der Waals surface area contributed by atoms with Crippen molar-refractivity contribution in [2.75, 3.05) is 26.4 Å². The monoisotopic (exact) mass is 645 g/mol. The van der Waals surface area contributed by atoms with E-state index in [0.717, 1.165) is 64.9 Å². The molecule has 1 aliphatic rings. The zero-order valence-corrected chi connectivity index (χ0v) is 29.6. The first-order valence-electron chi connectivity index (χ1n) is 16.6. The van der Waals surface area contributed by atoms with Gasteiger partial charge in [-0.1, -0.05) is 51.1 Å². The number of ether oxygens (including phenoxy) is 4. The van der Waals surface area contributed by atoms with Crippen molar-refractivity contribution >= 4 is 19.2 Å². The zero-order valence-electron chi connectivity index (χ0n) is 28.6. The van der Waals surface area contributed by atoms with Crippen LogP contribution < -0.4 is 4.43 Å². The van der Waals surface area contributed by atoms with Crippen LogP contribution >= 0.6 is 0 Å². The molecule has 8 nitrogen and oxygen atoms in total. The molecule has 1 aliphatic heterocycles. The van der Waals surface area contributed by atoms with Gasteiger partial charge in [-0.05, 0) is 86.6 Å². The summed E-state index contributed by atoms with van der Waals surface area (Å²) < 4.78 is 32.8. The standard InChI is InChI=1S/C37H51N3O5Si/c1-27(44-26-29-13-9-8-10-14-29)25-41-19-20-42-28(2)30-21-31(24-38-23-30)36-33-22-32(45-46(6,7)37(3,4)5)16-17-34(33)40(39-36)35-15-11-12-18-43-35/h8-10,13-14,16-17,21-24,27-28,35H,11-12,15,18-20,25-26H2,1-7H3/t27-,28+,35-/m1/s1. The Hall–Kier alpha value is -3.08. The Kier molecular flexibility index (Phi) is 11.3. The second-order valence-corrected chi connectivity index (χ2v) is 18.6. The van der Waals surface area contributed by atoms with Gasteiger partial charge in [-0.25, -0.2) is 4.68 Å². The summed E-state index contributed by atoms with van der Waals surface area (Å²) in [7, 11) is -2.02. The molecule has 0 saturated carbocycles. The molecule has 0 unspecified atom stereocenters. The highest BCUT2D eigenvalue weighted by Gasteiger charge is 2.39. The van der Waals surface area contributed by atoms with E-state index in [1.165, 1.54) is 0 Å². The Morgan fingerprint density at radius 2 is 1.78 bits per heavy atom. The first kappa shape index (κ1) is 34.3. The summed E-state index contributed by atoms with van der Waals surface area (Å²) in [6.45, 7) is 18.2. The molecule has 1 fully saturated rings. The molecular weight excluding hydrogens is 595 g/mol. The fourth-order valence-corrected chi connectivity index (χ4v) is 6.30. The molecule has 0 bridgehead atoms. The van der Waals surface area contributed by atoms with E-state index in [9.17, 15) is 0 Å². The molecule has 2 aromatic carbocycles. The van der Waals surface area contributed by atoms with Gasteiger partial charge in [0.15, 0.2) is 6.23 Å². The molecular formula is C37H51N3O5Si. The molecule has 2 aromatic heterocycles. The van der Waals surface area contributed by atoms with E-state index in [2.05, 4.69) is 79.9 Å². The van der Waals surface area contributed by atoms with Crippen molar-refractivity contribution < 1.29 is 23.4 Å². The Morgan fingerprint density at radius 3 is 2.52 bits per heavy atom. The molecule has 5 rings (SSSR count). The Morgan fingerprint density at radius 1 is 0.978 bits per heavy atom. The van der Waals surface area contributed by atoms with E-state index < -0.39 is 8.32 Å². The molecule has 46 heavy (non-hydrogen) atoms. The third-order valence-corrected chi connectivity index (χ3v) is 13.5. The van der Waals surface area contributed by atoms with Gasteiger partial charge < -0.3 is 23.4 Å².